The van der Waals surface area contributed by atoms with Crippen molar-refractivity contribution in [3.8, 4) is 11.3 Å². The van der Waals surface area contributed by atoms with Crippen LogP contribution in [0, 0.1) is 0 Å². The summed E-state index contributed by atoms with van der Waals surface area (Å²) >= 11 is 0. The number of allylic oxidation sites excluding steroid dienone is 1. The molecule has 170 valence electrons. The number of aromatic nitrogens is 3. The average molecular weight is 455 g/mol. The minimum atomic E-state index is -1.17. The maximum atomic E-state index is 11.1. The third-order valence-corrected chi connectivity index (χ3v) is 7.43. The predicted octanol–water partition coefficient (Wildman–Crippen LogP) is 5.21. The van der Waals surface area contributed by atoms with E-state index in [-0.39, 0.29) is 6.04 Å². The molecule has 2 N–H and O–H groups in total. The molecule has 0 saturated heterocycles. The van der Waals surface area contributed by atoms with E-state index in [1.54, 1.807) is 12.4 Å². The largest absolute Gasteiger partial charge is 0.465 e. The first-order valence-electron chi connectivity index (χ1n) is 10.9. The molecule has 0 bridgehead atoms. The van der Waals surface area contributed by atoms with Crippen LogP contribution in [0.5, 0.6) is 0 Å². The lowest BCUT2D eigenvalue weighted by Gasteiger charge is -2.23. The molecule has 4 rings (SSSR count). The summed E-state index contributed by atoms with van der Waals surface area (Å²) in [6, 6.07) is 2.99. The fourth-order valence-electron chi connectivity index (χ4n) is 4.09. The number of pyridine rings is 1. The van der Waals surface area contributed by atoms with Crippen LogP contribution in [0.3, 0.4) is 0 Å². The zero-order valence-electron chi connectivity index (χ0n) is 18.8. The number of amides is 1. The van der Waals surface area contributed by atoms with Crippen molar-refractivity contribution in [3.63, 3.8) is 0 Å². The molecule has 8 nitrogen and oxygen atoms in total. The second-order valence-corrected chi connectivity index (χ2v) is 15.1. The van der Waals surface area contributed by atoms with E-state index in [9.17, 15) is 4.79 Å². The second-order valence-electron chi connectivity index (χ2n) is 9.44. The molecule has 3 aromatic rings. The number of ether oxygens (including phenoxy) is 1. The SMILES string of the molecule is C[Si](C)(C)CCOCn1cc(-c2cnco2)c2c(C3=CCCC(NC(=O)O)C3)ccnc21. The van der Waals surface area contributed by atoms with Crippen molar-refractivity contribution in [3.05, 3.63) is 42.7 Å². The Morgan fingerprint density at radius 2 is 2.22 bits per heavy atom. The Morgan fingerprint density at radius 1 is 1.38 bits per heavy atom. The molecule has 0 fully saturated rings. The van der Waals surface area contributed by atoms with Gasteiger partial charge in [0.15, 0.2) is 12.2 Å². The molecule has 0 aliphatic heterocycles. The second kappa shape index (κ2) is 9.29. The van der Waals surface area contributed by atoms with Crippen LogP contribution in [-0.4, -0.2) is 46.5 Å². The molecule has 1 aliphatic rings. The van der Waals surface area contributed by atoms with Crippen molar-refractivity contribution in [2.75, 3.05) is 6.61 Å². The summed E-state index contributed by atoms with van der Waals surface area (Å²) in [7, 11) is -1.17. The van der Waals surface area contributed by atoms with Gasteiger partial charge < -0.3 is 24.1 Å². The smallest absolute Gasteiger partial charge is 0.404 e. The molecule has 0 saturated carbocycles. The summed E-state index contributed by atoms with van der Waals surface area (Å²) < 4.78 is 13.6. The van der Waals surface area contributed by atoms with Crippen molar-refractivity contribution >= 4 is 30.8 Å². The van der Waals surface area contributed by atoms with Gasteiger partial charge in [0.1, 0.15) is 12.4 Å². The van der Waals surface area contributed by atoms with E-state index >= 15 is 0 Å². The summed E-state index contributed by atoms with van der Waals surface area (Å²) in [5.74, 6) is 0.668. The zero-order chi connectivity index (χ0) is 22.7. The van der Waals surface area contributed by atoms with Crippen molar-refractivity contribution in [1.82, 2.24) is 19.9 Å². The summed E-state index contributed by atoms with van der Waals surface area (Å²) in [5.41, 5.74) is 3.87. The van der Waals surface area contributed by atoms with Gasteiger partial charge >= 0.3 is 6.09 Å². The molecule has 1 aliphatic carbocycles. The van der Waals surface area contributed by atoms with Crippen LogP contribution in [0.4, 0.5) is 4.79 Å². The zero-order valence-corrected chi connectivity index (χ0v) is 19.8. The number of carboxylic acid groups (broad SMARTS) is 1. The number of nitrogens with zero attached hydrogens (tertiary/aromatic N) is 3. The molecule has 0 radical (unpaired) electrons. The third-order valence-electron chi connectivity index (χ3n) is 5.73. The molecule has 0 spiro atoms. The van der Waals surface area contributed by atoms with Gasteiger partial charge in [-0.05, 0) is 42.5 Å². The highest BCUT2D eigenvalue weighted by atomic mass is 28.3. The Hall–Kier alpha value is -2.91. The van der Waals surface area contributed by atoms with E-state index in [2.05, 4.69) is 41.0 Å². The highest BCUT2D eigenvalue weighted by Gasteiger charge is 2.23. The summed E-state index contributed by atoms with van der Waals surface area (Å²) in [5, 5.41) is 12.8. The molecule has 3 aromatic heterocycles. The summed E-state index contributed by atoms with van der Waals surface area (Å²) in [6.45, 7) is 8.14. The fraction of sp³-hybridized carbons (Fsp3) is 0.435. The van der Waals surface area contributed by atoms with Crippen molar-refractivity contribution < 1.29 is 19.1 Å². The molecule has 1 amide bonds. The number of fused-ring (bicyclic) bond motifs is 1. The normalized spacial score (nSPS) is 16.8. The minimum Gasteiger partial charge on any atom is -0.465 e. The van der Waals surface area contributed by atoms with Gasteiger partial charge in [-0.2, -0.15) is 0 Å². The van der Waals surface area contributed by atoms with Crippen LogP contribution in [-0.2, 0) is 11.5 Å². The van der Waals surface area contributed by atoms with Gasteiger partial charge in [-0.25, -0.2) is 14.8 Å². The molecule has 32 heavy (non-hydrogen) atoms. The molecular formula is C23H30N4O4Si. The Bertz CT molecular complexity index is 1120. The molecular weight excluding hydrogens is 424 g/mol. The number of oxazole rings is 1. The molecule has 1 unspecified atom stereocenters. The number of carbonyl (C=O) groups is 1. The lowest BCUT2D eigenvalue weighted by atomic mass is 9.88. The van der Waals surface area contributed by atoms with E-state index in [4.69, 9.17) is 14.3 Å². The number of hydrogen-bond acceptors (Lipinski definition) is 5. The van der Waals surface area contributed by atoms with Crippen LogP contribution in [0.15, 0.2) is 41.5 Å². The van der Waals surface area contributed by atoms with E-state index in [0.29, 0.717) is 18.9 Å². The van der Waals surface area contributed by atoms with Crippen molar-refractivity contribution in [2.24, 2.45) is 0 Å². The van der Waals surface area contributed by atoms with Gasteiger partial charge in [0.2, 0.25) is 0 Å². The number of rotatable bonds is 8. The number of nitrogens with one attached hydrogen (secondary N) is 1. The van der Waals surface area contributed by atoms with Crippen molar-refractivity contribution in [2.45, 2.75) is 57.7 Å². The Kier molecular flexibility index (Phi) is 6.47. The maximum Gasteiger partial charge on any atom is 0.404 e. The highest BCUT2D eigenvalue weighted by molar-refractivity contribution is 6.76. The van der Waals surface area contributed by atoms with E-state index < -0.39 is 14.2 Å². The highest BCUT2D eigenvalue weighted by Crippen LogP contribution is 2.38. The fourth-order valence-corrected chi connectivity index (χ4v) is 4.84. The predicted molar refractivity (Wildman–Crippen MR) is 126 cm³/mol. The van der Waals surface area contributed by atoms with E-state index in [1.807, 2.05) is 16.8 Å². The first-order valence-corrected chi connectivity index (χ1v) is 14.7. The van der Waals surface area contributed by atoms with Gasteiger partial charge in [-0.1, -0.05) is 25.7 Å². The Morgan fingerprint density at radius 3 is 2.94 bits per heavy atom. The van der Waals surface area contributed by atoms with Gasteiger partial charge in [-0.15, -0.1) is 0 Å². The minimum absolute atomic E-state index is 0.101. The average Bonchev–Trinajstić information content (AvgIpc) is 3.38. The van der Waals surface area contributed by atoms with Gasteiger partial charge in [0.05, 0.1) is 6.20 Å². The van der Waals surface area contributed by atoms with Crippen LogP contribution in [0.2, 0.25) is 25.7 Å². The van der Waals surface area contributed by atoms with Crippen molar-refractivity contribution in [1.29, 1.82) is 0 Å². The Labute approximate surface area is 188 Å². The van der Waals surface area contributed by atoms with E-state index in [0.717, 1.165) is 53.2 Å². The lowest BCUT2D eigenvalue weighted by molar-refractivity contribution is 0.0899. The van der Waals surface area contributed by atoms with Gasteiger partial charge in [0, 0.05) is 44.1 Å². The molecule has 3 heterocycles. The van der Waals surface area contributed by atoms with Gasteiger partial charge in [-0.3, -0.25) is 0 Å². The van der Waals surface area contributed by atoms with Crippen LogP contribution in [0.25, 0.3) is 27.9 Å². The lowest BCUT2D eigenvalue weighted by Crippen LogP contribution is -2.34. The first-order chi connectivity index (χ1) is 15.3. The Balaban J connectivity index is 1.69. The molecule has 0 aromatic carbocycles. The molecule has 1 atom stereocenters. The van der Waals surface area contributed by atoms with E-state index in [1.165, 1.54) is 6.39 Å². The van der Waals surface area contributed by atoms with Crippen LogP contribution in [0.1, 0.15) is 24.8 Å². The first kappa shape index (κ1) is 22.3. The maximum absolute atomic E-state index is 11.1. The van der Waals surface area contributed by atoms with Crippen LogP contribution >= 0.6 is 0 Å². The summed E-state index contributed by atoms with van der Waals surface area (Å²) in [4.78, 5) is 19.9. The quantitative estimate of drug-likeness (QED) is 0.358. The number of hydrogen-bond donors (Lipinski definition) is 2. The van der Waals surface area contributed by atoms with Crippen LogP contribution < -0.4 is 5.32 Å². The third kappa shape index (κ3) is 5.11. The molecule has 9 heteroatoms. The summed E-state index contributed by atoms with van der Waals surface area (Å²) in [6.07, 6.45) is 10.4. The monoisotopic (exact) mass is 454 g/mol. The van der Waals surface area contributed by atoms with Gasteiger partial charge in [0.25, 0.3) is 0 Å². The topological polar surface area (TPSA) is 102 Å². The standard InChI is InChI=1S/C23H30N4O4Si/c1-32(2,3)10-9-30-15-27-13-19(20-12-24-14-31-20)21-18(7-8-25-22(21)27)16-5-4-6-17(11-16)26-23(28)29/h5,7-8,12-14,17,26H,4,6,9-11,15H2,1-3H3,(H,28,29).